The fraction of sp³-hybridized carbons (Fsp3) is 0.444. The van der Waals surface area contributed by atoms with Crippen molar-refractivity contribution in [2.45, 2.75) is 26.7 Å². The SMILES string of the molecule is C=CCCCN(C)C(=NCC(=O)Nc1cc(Br)ccc1C)NCC.I. The number of nitrogens with zero attached hydrogens (tertiary/aromatic N) is 2. The summed E-state index contributed by atoms with van der Waals surface area (Å²) in [6, 6.07) is 5.80. The van der Waals surface area contributed by atoms with Crippen LogP contribution in [0, 0.1) is 6.92 Å². The zero-order valence-electron chi connectivity index (χ0n) is 15.1. The van der Waals surface area contributed by atoms with Crippen molar-refractivity contribution >= 4 is 57.5 Å². The van der Waals surface area contributed by atoms with Crippen molar-refractivity contribution in [3.05, 3.63) is 40.9 Å². The Labute approximate surface area is 176 Å². The average molecular weight is 523 g/mol. The first-order valence-electron chi connectivity index (χ1n) is 8.14. The van der Waals surface area contributed by atoms with E-state index in [-0.39, 0.29) is 36.4 Å². The normalized spacial score (nSPS) is 10.6. The molecule has 0 saturated heterocycles. The molecule has 0 radical (unpaired) electrons. The Bertz CT molecular complexity index is 592. The van der Waals surface area contributed by atoms with Gasteiger partial charge in [0.1, 0.15) is 6.54 Å². The van der Waals surface area contributed by atoms with Gasteiger partial charge in [-0.15, -0.1) is 30.6 Å². The second-order valence-corrected chi connectivity index (χ2v) is 6.45. The van der Waals surface area contributed by atoms with Gasteiger partial charge < -0.3 is 15.5 Å². The van der Waals surface area contributed by atoms with E-state index in [4.69, 9.17) is 0 Å². The molecule has 0 aliphatic carbocycles. The van der Waals surface area contributed by atoms with Gasteiger partial charge in [-0.05, 0) is 44.4 Å². The molecule has 0 aliphatic heterocycles. The fourth-order valence-electron chi connectivity index (χ4n) is 2.11. The Balaban J connectivity index is 0.00000576. The minimum Gasteiger partial charge on any atom is -0.357 e. The number of nitrogens with one attached hydrogen (secondary N) is 2. The second kappa shape index (κ2) is 13.2. The molecular formula is C18H28BrIN4O. The molecule has 0 aliphatic rings. The summed E-state index contributed by atoms with van der Waals surface area (Å²) in [5.41, 5.74) is 1.82. The van der Waals surface area contributed by atoms with Gasteiger partial charge in [-0.3, -0.25) is 4.79 Å². The van der Waals surface area contributed by atoms with Crippen LogP contribution in [0.2, 0.25) is 0 Å². The van der Waals surface area contributed by atoms with Crippen LogP contribution in [0.1, 0.15) is 25.3 Å². The maximum atomic E-state index is 12.2. The van der Waals surface area contributed by atoms with Crippen LogP contribution in [-0.2, 0) is 4.79 Å². The van der Waals surface area contributed by atoms with Gasteiger partial charge in [0, 0.05) is 30.3 Å². The Morgan fingerprint density at radius 2 is 2.16 bits per heavy atom. The molecule has 0 fully saturated rings. The molecule has 1 rings (SSSR count). The highest BCUT2D eigenvalue weighted by Crippen LogP contribution is 2.20. The highest BCUT2D eigenvalue weighted by atomic mass is 127. The van der Waals surface area contributed by atoms with E-state index < -0.39 is 0 Å². The molecule has 7 heteroatoms. The molecule has 1 amide bonds. The summed E-state index contributed by atoms with van der Waals surface area (Å²) >= 11 is 3.42. The zero-order valence-corrected chi connectivity index (χ0v) is 19.1. The molecule has 5 nitrogen and oxygen atoms in total. The quantitative estimate of drug-likeness (QED) is 0.177. The summed E-state index contributed by atoms with van der Waals surface area (Å²) in [6.45, 7) is 9.41. The van der Waals surface area contributed by atoms with Crippen molar-refractivity contribution in [3.8, 4) is 0 Å². The maximum Gasteiger partial charge on any atom is 0.246 e. The minimum absolute atomic E-state index is 0. The average Bonchev–Trinajstić information content (AvgIpc) is 2.55. The molecule has 2 N–H and O–H groups in total. The van der Waals surface area contributed by atoms with Crippen LogP contribution in [0.3, 0.4) is 0 Å². The van der Waals surface area contributed by atoms with Crippen molar-refractivity contribution in [2.75, 3.05) is 32.0 Å². The van der Waals surface area contributed by atoms with Gasteiger partial charge >= 0.3 is 0 Å². The number of aliphatic imine (C=N–C) groups is 1. The third kappa shape index (κ3) is 9.25. The van der Waals surface area contributed by atoms with E-state index in [9.17, 15) is 4.79 Å². The first-order valence-corrected chi connectivity index (χ1v) is 8.93. The highest BCUT2D eigenvalue weighted by molar-refractivity contribution is 14.0. The number of allylic oxidation sites excluding steroid dienone is 1. The summed E-state index contributed by atoms with van der Waals surface area (Å²) in [5.74, 6) is 0.605. The molecule has 0 saturated carbocycles. The number of rotatable bonds is 8. The lowest BCUT2D eigenvalue weighted by Crippen LogP contribution is -2.40. The van der Waals surface area contributed by atoms with Gasteiger partial charge in [-0.2, -0.15) is 0 Å². The molecular weight excluding hydrogens is 495 g/mol. The number of hydrogen-bond acceptors (Lipinski definition) is 2. The molecule has 1 aromatic rings. The number of hydrogen-bond donors (Lipinski definition) is 2. The molecule has 0 unspecified atom stereocenters. The van der Waals surface area contributed by atoms with Gasteiger partial charge in [0.05, 0.1) is 0 Å². The Kier molecular flexibility index (Phi) is 12.6. The number of carbonyl (C=O) groups is 1. The number of halogens is 2. The van der Waals surface area contributed by atoms with Crippen molar-refractivity contribution < 1.29 is 4.79 Å². The number of aryl methyl sites for hydroxylation is 1. The van der Waals surface area contributed by atoms with Crippen LogP contribution in [0.4, 0.5) is 5.69 Å². The van der Waals surface area contributed by atoms with E-state index in [2.05, 4.69) is 38.1 Å². The van der Waals surface area contributed by atoms with Crippen molar-refractivity contribution in [3.63, 3.8) is 0 Å². The fourth-order valence-corrected chi connectivity index (χ4v) is 2.47. The number of anilines is 1. The molecule has 25 heavy (non-hydrogen) atoms. The van der Waals surface area contributed by atoms with Crippen LogP contribution in [0.5, 0.6) is 0 Å². The first-order chi connectivity index (χ1) is 11.5. The third-order valence-corrected chi connectivity index (χ3v) is 3.94. The summed E-state index contributed by atoms with van der Waals surface area (Å²) in [6.07, 6.45) is 3.88. The largest absolute Gasteiger partial charge is 0.357 e. The Morgan fingerprint density at radius 3 is 2.80 bits per heavy atom. The van der Waals surface area contributed by atoms with Gasteiger partial charge in [0.25, 0.3) is 0 Å². The standard InChI is InChI=1S/C18H27BrN4O.HI/c1-5-7-8-11-23(4)18(20-6-2)21-13-17(24)22-16-12-15(19)10-9-14(16)3;/h5,9-10,12H,1,6-8,11,13H2,2-4H3,(H,20,21)(H,22,24);1H. The Morgan fingerprint density at radius 1 is 1.44 bits per heavy atom. The number of unbranched alkanes of at least 4 members (excludes halogenated alkanes) is 1. The van der Waals surface area contributed by atoms with E-state index in [0.717, 1.165) is 47.6 Å². The van der Waals surface area contributed by atoms with E-state index in [1.165, 1.54) is 0 Å². The molecule has 140 valence electrons. The molecule has 0 heterocycles. The maximum absolute atomic E-state index is 12.2. The van der Waals surface area contributed by atoms with Crippen LogP contribution in [0.25, 0.3) is 0 Å². The lowest BCUT2D eigenvalue weighted by atomic mass is 10.2. The van der Waals surface area contributed by atoms with Gasteiger partial charge in [-0.25, -0.2) is 4.99 Å². The third-order valence-electron chi connectivity index (χ3n) is 3.44. The second-order valence-electron chi connectivity index (χ2n) is 5.53. The lowest BCUT2D eigenvalue weighted by Gasteiger charge is -2.21. The van der Waals surface area contributed by atoms with E-state index in [0.29, 0.717) is 0 Å². The van der Waals surface area contributed by atoms with Gasteiger partial charge in [0.2, 0.25) is 5.91 Å². The number of amides is 1. The monoisotopic (exact) mass is 522 g/mol. The van der Waals surface area contributed by atoms with E-state index in [1.54, 1.807) is 0 Å². The van der Waals surface area contributed by atoms with E-state index >= 15 is 0 Å². The molecule has 0 bridgehead atoms. The topological polar surface area (TPSA) is 56.7 Å². The van der Waals surface area contributed by atoms with Crippen LogP contribution < -0.4 is 10.6 Å². The van der Waals surface area contributed by atoms with Crippen molar-refractivity contribution in [2.24, 2.45) is 4.99 Å². The zero-order chi connectivity index (χ0) is 17.9. The summed E-state index contributed by atoms with van der Waals surface area (Å²) in [5, 5.41) is 6.12. The molecule has 0 aromatic heterocycles. The summed E-state index contributed by atoms with van der Waals surface area (Å²) in [7, 11) is 1.97. The number of carbonyl (C=O) groups excluding carboxylic acids is 1. The predicted molar refractivity (Wildman–Crippen MR) is 121 cm³/mol. The van der Waals surface area contributed by atoms with Crippen LogP contribution >= 0.6 is 39.9 Å². The van der Waals surface area contributed by atoms with Crippen molar-refractivity contribution in [1.29, 1.82) is 0 Å². The van der Waals surface area contributed by atoms with E-state index in [1.807, 2.05) is 50.1 Å². The summed E-state index contributed by atoms with van der Waals surface area (Å²) < 4.78 is 0.933. The molecule has 0 atom stereocenters. The molecule has 0 spiro atoms. The first kappa shape index (κ1) is 23.9. The van der Waals surface area contributed by atoms with Gasteiger partial charge in [0.15, 0.2) is 5.96 Å². The predicted octanol–water partition coefficient (Wildman–Crippen LogP) is 4.18. The minimum atomic E-state index is -0.133. The van der Waals surface area contributed by atoms with Gasteiger partial charge in [-0.1, -0.05) is 28.1 Å². The van der Waals surface area contributed by atoms with Crippen LogP contribution in [-0.4, -0.2) is 43.4 Å². The number of benzene rings is 1. The Hall–Kier alpha value is -1.09. The van der Waals surface area contributed by atoms with Crippen molar-refractivity contribution in [1.82, 2.24) is 10.2 Å². The number of guanidine groups is 1. The highest BCUT2D eigenvalue weighted by Gasteiger charge is 2.08. The molecule has 1 aromatic carbocycles. The van der Waals surface area contributed by atoms with Crippen LogP contribution in [0.15, 0.2) is 40.3 Å². The smallest absolute Gasteiger partial charge is 0.246 e. The lowest BCUT2D eigenvalue weighted by molar-refractivity contribution is -0.114. The summed E-state index contributed by atoms with van der Waals surface area (Å²) in [4.78, 5) is 18.6.